The Bertz CT molecular complexity index is 1510. The fourth-order valence-corrected chi connectivity index (χ4v) is 5.40. The third-order valence-electron chi connectivity index (χ3n) is 7.12. The average molecular weight is 485 g/mol. The highest BCUT2D eigenvalue weighted by Crippen LogP contribution is 2.41. The third kappa shape index (κ3) is 3.79. The van der Waals surface area contributed by atoms with Crippen LogP contribution in [-0.2, 0) is 20.9 Å². The van der Waals surface area contributed by atoms with Crippen LogP contribution in [0.1, 0.15) is 17.5 Å². The minimum absolute atomic E-state index is 0.381. The van der Waals surface area contributed by atoms with Crippen LogP contribution >= 0.6 is 0 Å². The van der Waals surface area contributed by atoms with Crippen LogP contribution in [0, 0.1) is 0 Å². The summed E-state index contributed by atoms with van der Waals surface area (Å²) < 4.78 is 13.3. The van der Waals surface area contributed by atoms with Crippen molar-refractivity contribution in [2.45, 2.75) is 13.0 Å². The number of hydrogen-bond donors (Lipinski definition) is 2. The number of aromatic amines is 1. The smallest absolute Gasteiger partial charge is 0.259 e. The number of nitrogens with zero attached hydrogens (tertiary/aromatic N) is 2. The number of amides is 2. The number of nitrogens with one attached hydrogen (secondary N) is 2. The van der Waals surface area contributed by atoms with E-state index in [1.165, 1.54) is 0 Å². The number of hydrogen-bond acceptors (Lipinski definition) is 5. The van der Waals surface area contributed by atoms with Crippen LogP contribution in [0.2, 0.25) is 0 Å². The van der Waals surface area contributed by atoms with E-state index >= 15 is 0 Å². The second-order valence-electron chi connectivity index (χ2n) is 9.18. The maximum Gasteiger partial charge on any atom is 0.259 e. The van der Waals surface area contributed by atoms with Crippen LogP contribution in [0.15, 0.2) is 54.9 Å². The normalized spacial score (nSPS) is 16.9. The Kier molecular flexibility index (Phi) is 5.83. The molecule has 0 unspecified atom stereocenters. The van der Waals surface area contributed by atoms with E-state index < -0.39 is 5.91 Å². The molecule has 0 atom stereocenters. The molecule has 4 heterocycles. The molecule has 0 spiro atoms. The number of methoxy groups -OCH3 is 1. The molecule has 8 heteroatoms. The zero-order valence-electron chi connectivity index (χ0n) is 20.2. The van der Waals surface area contributed by atoms with Crippen molar-refractivity contribution in [3.63, 3.8) is 0 Å². The summed E-state index contributed by atoms with van der Waals surface area (Å²) in [5.74, 6) is -0.103. The topological polar surface area (TPSA) is 88.6 Å². The Morgan fingerprint density at radius 2 is 1.72 bits per heavy atom. The van der Waals surface area contributed by atoms with Crippen molar-refractivity contribution in [1.29, 1.82) is 0 Å². The number of benzene rings is 2. The maximum absolute atomic E-state index is 13.2. The summed E-state index contributed by atoms with van der Waals surface area (Å²) in [6.07, 6.45) is 4.76. The van der Waals surface area contributed by atoms with Crippen LogP contribution in [-0.4, -0.2) is 66.2 Å². The zero-order valence-corrected chi connectivity index (χ0v) is 20.2. The molecule has 6 rings (SSSR count). The summed E-state index contributed by atoms with van der Waals surface area (Å²) >= 11 is 0. The van der Waals surface area contributed by atoms with Crippen LogP contribution < -0.4 is 10.1 Å². The molecule has 184 valence electrons. The molecule has 1 saturated heterocycles. The molecule has 2 aliphatic rings. The number of carbonyl (C=O) groups excluding carboxylic acids is 2. The van der Waals surface area contributed by atoms with Crippen LogP contribution in [0.5, 0.6) is 5.75 Å². The predicted molar refractivity (Wildman–Crippen MR) is 139 cm³/mol. The SMILES string of the molecule is COc1cccc2c1c(C1=C(c3c[nH]c4ccccc34)C(=O)NC1=O)cn2CCCN1CCOCC1. The lowest BCUT2D eigenvalue weighted by Crippen LogP contribution is -2.37. The van der Waals surface area contributed by atoms with Crippen molar-refractivity contribution in [3.8, 4) is 5.75 Å². The van der Waals surface area contributed by atoms with E-state index in [0.717, 1.165) is 67.6 Å². The molecule has 1 fully saturated rings. The van der Waals surface area contributed by atoms with E-state index in [1.807, 2.05) is 48.7 Å². The third-order valence-corrected chi connectivity index (χ3v) is 7.12. The van der Waals surface area contributed by atoms with Gasteiger partial charge in [-0.15, -0.1) is 0 Å². The van der Waals surface area contributed by atoms with Crippen molar-refractivity contribution in [1.82, 2.24) is 19.8 Å². The number of carbonyl (C=O) groups is 2. The summed E-state index contributed by atoms with van der Waals surface area (Å²) in [6, 6.07) is 13.7. The first-order chi connectivity index (χ1) is 17.7. The molecule has 0 radical (unpaired) electrons. The minimum atomic E-state index is -0.390. The molecule has 4 aromatic rings. The van der Waals surface area contributed by atoms with Crippen molar-refractivity contribution in [2.24, 2.45) is 0 Å². The summed E-state index contributed by atoms with van der Waals surface area (Å²) in [6.45, 7) is 5.23. The Balaban J connectivity index is 1.47. The van der Waals surface area contributed by atoms with Gasteiger partial charge in [0, 0.05) is 66.0 Å². The monoisotopic (exact) mass is 484 g/mol. The van der Waals surface area contributed by atoms with Gasteiger partial charge >= 0.3 is 0 Å². The van der Waals surface area contributed by atoms with E-state index in [2.05, 4.69) is 19.8 Å². The first kappa shape index (κ1) is 22.6. The van der Waals surface area contributed by atoms with Gasteiger partial charge in [0.1, 0.15) is 5.75 Å². The van der Waals surface area contributed by atoms with E-state index in [4.69, 9.17) is 9.47 Å². The number of morpholine rings is 1. The Labute approximate surface area is 208 Å². The standard InChI is InChI=1S/C28H28N4O4/c1-35-23-9-4-8-22-24(23)20(17-32(22)11-5-10-31-12-14-36-15-13-31)26-25(27(33)30-28(26)34)19-16-29-21-7-3-2-6-18(19)21/h2-4,6-9,16-17,29H,5,10-15H2,1H3,(H,30,33,34). The van der Waals surface area contributed by atoms with E-state index in [0.29, 0.717) is 28.0 Å². The van der Waals surface area contributed by atoms with Gasteiger partial charge in [-0.25, -0.2) is 0 Å². The summed E-state index contributed by atoms with van der Waals surface area (Å²) in [5.41, 5.74) is 4.07. The lowest BCUT2D eigenvalue weighted by Gasteiger charge is -2.26. The maximum atomic E-state index is 13.2. The fourth-order valence-electron chi connectivity index (χ4n) is 5.40. The minimum Gasteiger partial charge on any atom is -0.496 e. The highest BCUT2D eigenvalue weighted by molar-refractivity contribution is 6.51. The van der Waals surface area contributed by atoms with E-state index in [1.54, 1.807) is 13.3 Å². The lowest BCUT2D eigenvalue weighted by atomic mass is 9.95. The van der Waals surface area contributed by atoms with Crippen molar-refractivity contribution < 1.29 is 19.1 Å². The molecule has 0 aliphatic carbocycles. The largest absolute Gasteiger partial charge is 0.496 e. The molecule has 2 aliphatic heterocycles. The number of H-pyrrole nitrogens is 1. The number of fused-ring (bicyclic) bond motifs is 2. The molecule has 8 nitrogen and oxygen atoms in total. The number of para-hydroxylation sites is 1. The Morgan fingerprint density at radius 1 is 0.944 bits per heavy atom. The van der Waals surface area contributed by atoms with Gasteiger partial charge in [0.2, 0.25) is 0 Å². The van der Waals surface area contributed by atoms with Gasteiger partial charge in [0.05, 0.1) is 37.0 Å². The molecule has 2 aromatic heterocycles. The second-order valence-corrected chi connectivity index (χ2v) is 9.18. The molecule has 2 amide bonds. The van der Waals surface area contributed by atoms with Crippen molar-refractivity contribution in [2.75, 3.05) is 40.0 Å². The number of aromatic nitrogens is 2. The Hall–Kier alpha value is -3.88. The first-order valence-corrected chi connectivity index (χ1v) is 12.3. The average Bonchev–Trinajstić information content (AvgIpc) is 3.57. The first-order valence-electron chi connectivity index (χ1n) is 12.3. The second kappa shape index (κ2) is 9.29. The Morgan fingerprint density at radius 3 is 2.53 bits per heavy atom. The van der Waals surface area contributed by atoms with Crippen molar-refractivity contribution >= 4 is 44.8 Å². The zero-order chi connectivity index (χ0) is 24.6. The van der Waals surface area contributed by atoms with Gasteiger partial charge in [-0.3, -0.25) is 19.8 Å². The van der Waals surface area contributed by atoms with Gasteiger partial charge in [0.25, 0.3) is 11.8 Å². The van der Waals surface area contributed by atoms with Crippen molar-refractivity contribution in [3.05, 3.63) is 66.0 Å². The molecule has 0 bridgehead atoms. The number of rotatable bonds is 7. The van der Waals surface area contributed by atoms with Crippen LogP contribution in [0.3, 0.4) is 0 Å². The fraction of sp³-hybridized carbons (Fsp3) is 0.286. The molecule has 2 aromatic carbocycles. The predicted octanol–water partition coefficient (Wildman–Crippen LogP) is 3.42. The van der Waals surface area contributed by atoms with E-state index in [9.17, 15) is 9.59 Å². The lowest BCUT2D eigenvalue weighted by molar-refractivity contribution is -0.122. The highest BCUT2D eigenvalue weighted by Gasteiger charge is 2.35. The van der Waals surface area contributed by atoms with Crippen LogP contribution in [0.4, 0.5) is 0 Å². The van der Waals surface area contributed by atoms with Crippen LogP contribution in [0.25, 0.3) is 33.0 Å². The number of ether oxygens (including phenoxy) is 2. The molecule has 36 heavy (non-hydrogen) atoms. The van der Waals surface area contributed by atoms with E-state index in [-0.39, 0.29) is 5.91 Å². The van der Waals surface area contributed by atoms with Gasteiger partial charge in [-0.2, -0.15) is 0 Å². The quantitative estimate of drug-likeness (QED) is 0.393. The number of imide groups is 1. The van der Waals surface area contributed by atoms with Gasteiger partial charge in [-0.05, 0) is 24.6 Å². The molecular formula is C28H28N4O4. The number of aryl methyl sites for hydroxylation is 1. The summed E-state index contributed by atoms with van der Waals surface area (Å²) in [4.78, 5) is 32.0. The van der Waals surface area contributed by atoms with Gasteiger partial charge in [0.15, 0.2) is 0 Å². The van der Waals surface area contributed by atoms with Gasteiger partial charge in [-0.1, -0.05) is 24.3 Å². The summed E-state index contributed by atoms with van der Waals surface area (Å²) in [7, 11) is 1.63. The summed E-state index contributed by atoms with van der Waals surface area (Å²) in [5, 5.41) is 4.27. The highest BCUT2D eigenvalue weighted by atomic mass is 16.5. The van der Waals surface area contributed by atoms with Gasteiger partial charge < -0.3 is 19.0 Å². The molecule has 0 saturated carbocycles. The molecular weight excluding hydrogens is 456 g/mol. The molecule has 2 N–H and O–H groups in total.